The first-order valence-corrected chi connectivity index (χ1v) is 5.82. The molecule has 0 radical (unpaired) electrons. The van der Waals surface area contributed by atoms with Gasteiger partial charge in [0.05, 0.1) is 5.03 Å². The highest BCUT2D eigenvalue weighted by atomic mass is 32.2. The van der Waals surface area contributed by atoms with Crippen LogP contribution in [0.15, 0.2) is 47.6 Å². The normalized spacial score (nSPS) is 10.3. The summed E-state index contributed by atoms with van der Waals surface area (Å²) in [6.07, 6.45) is 1.72. The minimum atomic E-state index is -0.261. The fourth-order valence-electron chi connectivity index (χ4n) is 1.31. The van der Waals surface area contributed by atoms with Gasteiger partial charge in [-0.15, -0.1) is 11.8 Å². The zero-order valence-electron chi connectivity index (χ0n) is 8.56. The van der Waals surface area contributed by atoms with E-state index in [2.05, 4.69) is 4.98 Å². The smallest absolute Gasteiger partial charge is 0.129 e. The lowest BCUT2D eigenvalue weighted by molar-refractivity contribution is 0.618. The molecular formula is C12H11FN2S. The van der Waals surface area contributed by atoms with Gasteiger partial charge in [-0.25, -0.2) is 9.37 Å². The molecule has 0 amide bonds. The summed E-state index contributed by atoms with van der Waals surface area (Å²) in [7, 11) is 0. The first-order chi connectivity index (χ1) is 7.77. The number of hydrogen-bond donors (Lipinski definition) is 1. The molecule has 2 nitrogen and oxygen atoms in total. The molecule has 0 aliphatic rings. The fraction of sp³-hybridized carbons (Fsp3) is 0.0833. The van der Waals surface area contributed by atoms with Crippen molar-refractivity contribution >= 4 is 17.4 Å². The molecule has 1 aromatic heterocycles. The third kappa shape index (κ3) is 2.52. The van der Waals surface area contributed by atoms with Crippen molar-refractivity contribution in [1.82, 2.24) is 4.98 Å². The van der Waals surface area contributed by atoms with Crippen LogP contribution in [0.25, 0.3) is 0 Å². The Balaban J connectivity index is 2.11. The van der Waals surface area contributed by atoms with E-state index in [4.69, 9.17) is 5.73 Å². The number of nitrogens with zero attached hydrogens (tertiary/aromatic N) is 1. The molecule has 82 valence electrons. The number of rotatable bonds is 3. The SMILES string of the molecule is Nc1cccc(F)c1CSc1ccccn1. The van der Waals surface area contributed by atoms with Gasteiger partial charge in [0.2, 0.25) is 0 Å². The van der Waals surface area contributed by atoms with Crippen LogP contribution in [0.2, 0.25) is 0 Å². The van der Waals surface area contributed by atoms with Crippen molar-refractivity contribution in [3.63, 3.8) is 0 Å². The molecule has 1 heterocycles. The molecular weight excluding hydrogens is 223 g/mol. The maximum atomic E-state index is 13.4. The van der Waals surface area contributed by atoms with Crippen molar-refractivity contribution in [3.05, 3.63) is 54.0 Å². The molecule has 0 spiro atoms. The first-order valence-electron chi connectivity index (χ1n) is 4.84. The zero-order chi connectivity index (χ0) is 11.4. The molecule has 0 aliphatic carbocycles. The number of halogens is 1. The van der Waals surface area contributed by atoms with E-state index in [0.29, 0.717) is 17.0 Å². The van der Waals surface area contributed by atoms with Crippen LogP contribution in [0.5, 0.6) is 0 Å². The lowest BCUT2D eigenvalue weighted by Gasteiger charge is -2.05. The second kappa shape index (κ2) is 4.99. The summed E-state index contributed by atoms with van der Waals surface area (Å²) in [6, 6.07) is 10.4. The van der Waals surface area contributed by atoms with Gasteiger partial charge in [-0.05, 0) is 24.3 Å². The second-order valence-electron chi connectivity index (χ2n) is 3.26. The van der Waals surface area contributed by atoms with E-state index in [1.807, 2.05) is 18.2 Å². The standard InChI is InChI=1S/C12H11FN2S/c13-10-4-3-5-11(14)9(10)8-16-12-6-1-2-7-15-12/h1-7H,8,14H2. The topological polar surface area (TPSA) is 38.9 Å². The van der Waals surface area contributed by atoms with Gasteiger partial charge in [0.1, 0.15) is 5.82 Å². The summed E-state index contributed by atoms with van der Waals surface area (Å²) in [5.74, 6) is 0.235. The van der Waals surface area contributed by atoms with Gasteiger partial charge < -0.3 is 5.73 Å². The summed E-state index contributed by atoms with van der Waals surface area (Å²) in [6.45, 7) is 0. The number of thioether (sulfide) groups is 1. The minimum absolute atomic E-state index is 0.261. The van der Waals surface area contributed by atoms with Crippen LogP contribution in [0, 0.1) is 5.82 Å². The van der Waals surface area contributed by atoms with Gasteiger partial charge in [-0.3, -0.25) is 0 Å². The number of pyridine rings is 1. The monoisotopic (exact) mass is 234 g/mol. The summed E-state index contributed by atoms with van der Waals surface area (Å²) in [4.78, 5) is 4.15. The molecule has 2 aromatic rings. The summed E-state index contributed by atoms with van der Waals surface area (Å²) >= 11 is 1.47. The van der Waals surface area contributed by atoms with Crippen LogP contribution >= 0.6 is 11.8 Å². The van der Waals surface area contributed by atoms with E-state index >= 15 is 0 Å². The quantitative estimate of drug-likeness (QED) is 0.655. The van der Waals surface area contributed by atoms with E-state index in [1.54, 1.807) is 18.3 Å². The van der Waals surface area contributed by atoms with Crippen molar-refractivity contribution < 1.29 is 4.39 Å². The largest absolute Gasteiger partial charge is 0.398 e. The fourth-order valence-corrected chi connectivity index (χ4v) is 2.21. The van der Waals surface area contributed by atoms with E-state index < -0.39 is 0 Å². The third-order valence-electron chi connectivity index (χ3n) is 2.16. The van der Waals surface area contributed by atoms with E-state index in [1.165, 1.54) is 17.8 Å². The average molecular weight is 234 g/mol. The summed E-state index contributed by atoms with van der Waals surface area (Å²) in [5.41, 5.74) is 6.74. The number of nitrogen functional groups attached to an aromatic ring is 1. The second-order valence-corrected chi connectivity index (χ2v) is 4.26. The Morgan fingerprint density at radius 2 is 2.06 bits per heavy atom. The Bertz CT molecular complexity index is 453. The first kappa shape index (κ1) is 11.0. The number of hydrogen-bond acceptors (Lipinski definition) is 3. The van der Waals surface area contributed by atoms with Crippen LogP contribution in [-0.2, 0) is 5.75 Å². The predicted molar refractivity (Wildman–Crippen MR) is 64.6 cm³/mol. The van der Waals surface area contributed by atoms with E-state index in [-0.39, 0.29) is 5.82 Å². The maximum absolute atomic E-state index is 13.4. The van der Waals surface area contributed by atoms with Crippen molar-refractivity contribution in [2.45, 2.75) is 10.8 Å². The number of nitrogens with two attached hydrogens (primary N) is 1. The number of aromatic nitrogens is 1. The molecule has 2 rings (SSSR count). The average Bonchev–Trinajstić information content (AvgIpc) is 2.30. The van der Waals surface area contributed by atoms with E-state index in [0.717, 1.165) is 5.03 Å². The highest BCUT2D eigenvalue weighted by molar-refractivity contribution is 7.98. The van der Waals surface area contributed by atoms with Gasteiger partial charge in [0.15, 0.2) is 0 Å². The van der Waals surface area contributed by atoms with Gasteiger partial charge >= 0.3 is 0 Å². The summed E-state index contributed by atoms with van der Waals surface area (Å²) < 4.78 is 13.4. The van der Waals surface area contributed by atoms with Crippen LogP contribution in [0.3, 0.4) is 0 Å². The summed E-state index contributed by atoms with van der Waals surface area (Å²) in [5, 5.41) is 0.866. The molecule has 2 N–H and O–H groups in total. The Kier molecular flexibility index (Phi) is 3.41. The highest BCUT2D eigenvalue weighted by Gasteiger charge is 2.06. The molecule has 4 heteroatoms. The van der Waals surface area contributed by atoms with Crippen LogP contribution in [-0.4, -0.2) is 4.98 Å². The molecule has 16 heavy (non-hydrogen) atoms. The number of anilines is 1. The Hall–Kier alpha value is -1.55. The van der Waals surface area contributed by atoms with Crippen molar-refractivity contribution in [2.24, 2.45) is 0 Å². The molecule has 1 aromatic carbocycles. The van der Waals surface area contributed by atoms with Gasteiger partial charge in [0, 0.05) is 23.2 Å². The van der Waals surface area contributed by atoms with Gasteiger partial charge in [0.25, 0.3) is 0 Å². The molecule has 0 fully saturated rings. The highest BCUT2D eigenvalue weighted by Crippen LogP contribution is 2.25. The number of benzene rings is 1. The van der Waals surface area contributed by atoms with E-state index in [9.17, 15) is 4.39 Å². The molecule has 0 aliphatic heterocycles. The Morgan fingerprint density at radius 3 is 2.75 bits per heavy atom. The van der Waals surface area contributed by atoms with Gasteiger partial charge in [-0.1, -0.05) is 12.1 Å². The lowest BCUT2D eigenvalue weighted by atomic mass is 10.2. The van der Waals surface area contributed by atoms with Crippen molar-refractivity contribution in [3.8, 4) is 0 Å². The molecule has 0 bridgehead atoms. The van der Waals surface area contributed by atoms with Gasteiger partial charge in [-0.2, -0.15) is 0 Å². The Morgan fingerprint density at radius 1 is 1.19 bits per heavy atom. The molecule has 0 unspecified atom stereocenters. The van der Waals surface area contributed by atoms with Crippen molar-refractivity contribution in [1.29, 1.82) is 0 Å². The zero-order valence-corrected chi connectivity index (χ0v) is 9.38. The molecule has 0 atom stereocenters. The maximum Gasteiger partial charge on any atom is 0.129 e. The third-order valence-corrected chi connectivity index (χ3v) is 3.13. The lowest BCUT2D eigenvalue weighted by Crippen LogP contribution is -1.96. The Labute approximate surface area is 97.7 Å². The molecule has 0 saturated carbocycles. The van der Waals surface area contributed by atoms with Crippen LogP contribution < -0.4 is 5.73 Å². The minimum Gasteiger partial charge on any atom is -0.398 e. The molecule has 0 saturated heterocycles. The van der Waals surface area contributed by atoms with Crippen molar-refractivity contribution in [2.75, 3.05) is 5.73 Å². The predicted octanol–water partition coefficient (Wildman–Crippen LogP) is 3.10. The van der Waals surface area contributed by atoms with Crippen LogP contribution in [0.1, 0.15) is 5.56 Å². The van der Waals surface area contributed by atoms with Crippen LogP contribution in [0.4, 0.5) is 10.1 Å².